The highest BCUT2D eigenvalue weighted by atomic mass is 16.2. The Kier molecular flexibility index (Phi) is 3.71. The Hall–Kier alpha value is -1.45. The number of hydrogen-bond acceptors (Lipinski definition) is 3. The van der Waals surface area contributed by atoms with Crippen molar-refractivity contribution < 1.29 is 4.79 Å². The molecule has 1 aromatic heterocycles. The third kappa shape index (κ3) is 2.62. The highest BCUT2D eigenvalue weighted by molar-refractivity contribution is 5.92. The topological polar surface area (TPSA) is 46.1 Å². The lowest BCUT2D eigenvalue weighted by Gasteiger charge is -2.36. The SMILES string of the molecule is CC1CCCCC1N(C)C(=O)c1cnccn1. The maximum Gasteiger partial charge on any atom is 0.274 e. The highest BCUT2D eigenvalue weighted by Crippen LogP contribution is 2.27. The minimum absolute atomic E-state index is 0.0168. The van der Waals surface area contributed by atoms with Crippen molar-refractivity contribution in [2.24, 2.45) is 5.92 Å². The summed E-state index contributed by atoms with van der Waals surface area (Å²) in [5.74, 6) is 0.561. The molecule has 1 aliphatic carbocycles. The summed E-state index contributed by atoms with van der Waals surface area (Å²) in [7, 11) is 1.88. The van der Waals surface area contributed by atoms with Gasteiger partial charge < -0.3 is 4.90 Å². The van der Waals surface area contributed by atoms with Crippen molar-refractivity contribution in [1.29, 1.82) is 0 Å². The van der Waals surface area contributed by atoms with Crippen LogP contribution in [0.15, 0.2) is 18.6 Å². The molecule has 1 saturated carbocycles. The van der Waals surface area contributed by atoms with Crippen LogP contribution in [0.25, 0.3) is 0 Å². The zero-order valence-corrected chi connectivity index (χ0v) is 10.5. The van der Waals surface area contributed by atoms with Gasteiger partial charge in [-0.2, -0.15) is 0 Å². The lowest BCUT2D eigenvalue weighted by molar-refractivity contribution is 0.0622. The molecule has 0 saturated heterocycles. The first-order valence-corrected chi connectivity index (χ1v) is 6.23. The van der Waals surface area contributed by atoms with Gasteiger partial charge in [-0.1, -0.05) is 19.8 Å². The van der Waals surface area contributed by atoms with Crippen molar-refractivity contribution in [2.45, 2.75) is 38.6 Å². The number of amides is 1. The van der Waals surface area contributed by atoms with Crippen molar-refractivity contribution in [3.8, 4) is 0 Å². The van der Waals surface area contributed by atoms with E-state index in [0.717, 1.165) is 6.42 Å². The smallest absolute Gasteiger partial charge is 0.274 e. The van der Waals surface area contributed by atoms with E-state index in [1.165, 1.54) is 25.5 Å². The summed E-state index contributed by atoms with van der Waals surface area (Å²) in [5, 5.41) is 0. The Labute approximate surface area is 102 Å². The molecule has 0 spiro atoms. The van der Waals surface area contributed by atoms with Gasteiger partial charge in [0.05, 0.1) is 6.20 Å². The van der Waals surface area contributed by atoms with Gasteiger partial charge in [-0.15, -0.1) is 0 Å². The molecule has 0 N–H and O–H groups in total. The first-order valence-electron chi connectivity index (χ1n) is 6.23. The van der Waals surface area contributed by atoms with Crippen molar-refractivity contribution in [1.82, 2.24) is 14.9 Å². The number of rotatable bonds is 2. The molecule has 1 fully saturated rings. The van der Waals surface area contributed by atoms with Crippen LogP contribution in [0.5, 0.6) is 0 Å². The Morgan fingerprint density at radius 2 is 2.12 bits per heavy atom. The average Bonchev–Trinajstić information content (AvgIpc) is 2.39. The fraction of sp³-hybridized carbons (Fsp3) is 0.615. The predicted molar refractivity (Wildman–Crippen MR) is 65.5 cm³/mol. The number of nitrogens with zero attached hydrogens (tertiary/aromatic N) is 3. The molecule has 4 heteroatoms. The van der Waals surface area contributed by atoms with Crippen LogP contribution in [0.3, 0.4) is 0 Å². The maximum absolute atomic E-state index is 12.2. The lowest BCUT2D eigenvalue weighted by atomic mass is 9.85. The van der Waals surface area contributed by atoms with Gasteiger partial charge in [-0.3, -0.25) is 9.78 Å². The summed E-state index contributed by atoms with van der Waals surface area (Å²) in [6.07, 6.45) is 9.49. The van der Waals surface area contributed by atoms with Crippen LogP contribution in [0.2, 0.25) is 0 Å². The monoisotopic (exact) mass is 233 g/mol. The minimum atomic E-state index is -0.0168. The molecule has 0 radical (unpaired) electrons. The summed E-state index contributed by atoms with van der Waals surface area (Å²) in [4.78, 5) is 22.1. The molecule has 1 aliphatic rings. The first-order chi connectivity index (χ1) is 8.20. The molecule has 1 aromatic rings. The van der Waals surface area contributed by atoms with Crippen LogP contribution in [0, 0.1) is 5.92 Å². The fourth-order valence-corrected chi connectivity index (χ4v) is 2.61. The van der Waals surface area contributed by atoms with Gasteiger partial charge in [0.1, 0.15) is 5.69 Å². The van der Waals surface area contributed by atoms with E-state index < -0.39 is 0 Å². The van der Waals surface area contributed by atoms with Crippen molar-refractivity contribution in [3.05, 3.63) is 24.3 Å². The molecule has 2 atom stereocenters. The third-order valence-corrected chi connectivity index (χ3v) is 3.67. The van der Waals surface area contributed by atoms with Crippen LogP contribution in [-0.2, 0) is 0 Å². The quantitative estimate of drug-likeness (QED) is 0.786. The molecule has 1 amide bonds. The predicted octanol–water partition coefficient (Wildman–Crippen LogP) is 2.13. The highest BCUT2D eigenvalue weighted by Gasteiger charge is 2.28. The standard InChI is InChI=1S/C13H19N3O/c1-10-5-3-4-6-12(10)16(2)13(17)11-9-14-7-8-15-11/h7-10,12H,3-6H2,1-2H3. The van der Waals surface area contributed by atoms with E-state index in [4.69, 9.17) is 0 Å². The van der Waals surface area contributed by atoms with Crippen LogP contribution in [0.1, 0.15) is 43.1 Å². The average molecular weight is 233 g/mol. The van der Waals surface area contributed by atoms with Gasteiger partial charge in [-0.25, -0.2) is 4.98 Å². The fourth-order valence-electron chi connectivity index (χ4n) is 2.61. The maximum atomic E-state index is 12.2. The van der Waals surface area contributed by atoms with Gasteiger partial charge >= 0.3 is 0 Å². The first kappa shape index (κ1) is 12.0. The molecule has 92 valence electrons. The zero-order valence-electron chi connectivity index (χ0n) is 10.5. The van der Waals surface area contributed by atoms with E-state index in [1.807, 2.05) is 11.9 Å². The molecule has 0 aromatic carbocycles. The van der Waals surface area contributed by atoms with Crippen LogP contribution in [0.4, 0.5) is 0 Å². The molecular formula is C13H19N3O. The van der Waals surface area contributed by atoms with Gasteiger partial charge in [0.2, 0.25) is 0 Å². The lowest BCUT2D eigenvalue weighted by Crippen LogP contribution is -2.42. The van der Waals surface area contributed by atoms with E-state index in [9.17, 15) is 4.79 Å². The minimum Gasteiger partial charge on any atom is -0.337 e. The molecule has 17 heavy (non-hydrogen) atoms. The van der Waals surface area contributed by atoms with Gasteiger partial charge in [-0.05, 0) is 18.8 Å². The number of carbonyl (C=O) groups is 1. The Morgan fingerprint density at radius 3 is 2.76 bits per heavy atom. The van der Waals surface area contributed by atoms with Crippen molar-refractivity contribution in [3.63, 3.8) is 0 Å². The molecule has 2 rings (SSSR count). The molecule has 0 bridgehead atoms. The Bertz CT molecular complexity index is 380. The second kappa shape index (κ2) is 5.25. The van der Waals surface area contributed by atoms with E-state index in [-0.39, 0.29) is 5.91 Å². The molecule has 1 heterocycles. The Morgan fingerprint density at radius 1 is 1.35 bits per heavy atom. The van der Waals surface area contributed by atoms with Crippen LogP contribution >= 0.6 is 0 Å². The van der Waals surface area contributed by atoms with Gasteiger partial charge in [0.15, 0.2) is 0 Å². The van der Waals surface area contributed by atoms with E-state index in [2.05, 4.69) is 16.9 Å². The summed E-state index contributed by atoms with van der Waals surface area (Å²) in [6, 6.07) is 0.346. The summed E-state index contributed by atoms with van der Waals surface area (Å²) in [5.41, 5.74) is 0.438. The molecule has 2 unspecified atom stereocenters. The molecule has 0 aliphatic heterocycles. The third-order valence-electron chi connectivity index (χ3n) is 3.67. The second-order valence-electron chi connectivity index (χ2n) is 4.84. The number of aromatic nitrogens is 2. The van der Waals surface area contributed by atoms with Gasteiger partial charge in [0, 0.05) is 25.5 Å². The summed E-state index contributed by atoms with van der Waals surface area (Å²) < 4.78 is 0. The summed E-state index contributed by atoms with van der Waals surface area (Å²) >= 11 is 0. The number of carbonyl (C=O) groups excluding carboxylic acids is 1. The van der Waals surface area contributed by atoms with Crippen LogP contribution < -0.4 is 0 Å². The normalized spacial score (nSPS) is 24.4. The van der Waals surface area contributed by atoms with E-state index in [0.29, 0.717) is 17.7 Å². The van der Waals surface area contributed by atoms with Gasteiger partial charge in [0.25, 0.3) is 5.91 Å². The Balaban J connectivity index is 2.09. The second-order valence-corrected chi connectivity index (χ2v) is 4.84. The zero-order chi connectivity index (χ0) is 12.3. The molecule has 4 nitrogen and oxygen atoms in total. The summed E-state index contributed by atoms with van der Waals surface area (Å²) in [6.45, 7) is 2.23. The van der Waals surface area contributed by atoms with Crippen molar-refractivity contribution in [2.75, 3.05) is 7.05 Å². The van der Waals surface area contributed by atoms with Crippen molar-refractivity contribution >= 4 is 5.91 Å². The van der Waals surface area contributed by atoms with E-state index in [1.54, 1.807) is 12.4 Å². The van der Waals surface area contributed by atoms with Crippen LogP contribution in [-0.4, -0.2) is 33.9 Å². The molecular weight excluding hydrogens is 214 g/mol. The largest absolute Gasteiger partial charge is 0.337 e. The van der Waals surface area contributed by atoms with E-state index >= 15 is 0 Å². The number of hydrogen-bond donors (Lipinski definition) is 0.